The van der Waals surface area contributed by atoms with E-state index in [0.717, 1.165) is 5.33 Å². The fourth-order valence-electron chi connectivity index (χ4n) is 2.47. The van der Waals surface area contributed by atoms with E-state index in [9.17, 15) is 0 Å². The molecule has 0 radical (unpaired) electrons. The molecule has 1 aliphatic rings. The Balaban J connectivity index is 2.38. The molecule has 70 valence electrons. The zero-order valence-electron chi connectivity index (χ0n) is 7.83. The predicted molar refractivity (Wildman–Crippen MR) is 64.2 cm³/mol. The molecule has 0 aromatic heterocycles. The standard InChI is InChI=1S/C13H11Br/c14-8-11-7-10-5-1-3-9-4-2-6-12(11)13(9)10/h1-6,11H,7-8H2/t11-/m1/s1. The van der Waals surface area contributed by atoms with Gasteiger partial charge in [0.1, 0.15) is 0 Å². The lowest BCUT2D eigenvalue weighted by Gasteiger charge is -2.06. The molecule has 0 aliphatic heterocycles. The summed E-state index contributed by atoms with van der Waals surface area (Å²) in [5.74, 6) is 0.677. The average Bonchev–Trinajstić information content (AvgIpc) is 2.60. The van der Waals surface area contributed by atoms with Gasteiger partial charge in [-0.15, -0.1) is 0 Å². The quantitative estimate of drug-likeness (QED) is 0.671. The summed E-state index contributed by atoms with van der Waals surface area (Å²) in [6, 6.07) is 13.3. The molecule has 14 heavy (non-hydrogen) atoms. The topological polar surface area (TPSA) is 0 Å². The van der Waals surface area contributed by atoms with Crippen LogP contribution in [0.15, 0.2) is 36.4 Å². The number of alkyl halides is 1. The van der Waals surface area contributed by atoms with Gasteiger partial charge in [0.25, 0.3) is 0 Å². The molecular formula is C13H11Br. The van der Waals surface area contributed by atoms with Gasteiger partial charge in [-0.25, -0.2) is 0 Å². The summed E-state index contributed by atoms with van der Waals surface area (Å²) >= 11 is 3.60. The van der Waals surface area contributed by atoms with Crippen LogP contribution in [0.5, 0.6) is 0 Å². The summed E-state index contributed by atoms with van der Waals surface area (Å²) in [5, 5.41) is 3.96. The fourth-order valence-corrected chi connectivity index (χ4v) is 3.05. The Hall–Kier alpha value is -0.820. The Morgan fingerprint density at radius 2 is 1.93 bits per heavy atom. The minimum Gasteiger partial charge on any atom is -0.0921 e. The molecule has 0 heterocycles. The molecule has 2 aromatic rings. The van der Waals surface area contributed by atoms with Crippen molar-refractivity contribution in [1.82, 2.24) is 0 Å². The van der Waals surface area contributed by atoms with Gasteiger partial charge < -0.3 is 0 Å². The van der Waals surface area contributed by atoms with E-state index in [0.29, 0.717) is 5.92 Å². The van der Waals surface area contributed by atoms with Gasteiger partial charge >= 0.3 is 0 Å². The van der Waals surface area contributed by atoms with Crippen LogP contribution >= 0.6 is 15.9 Å². The molecule has 1 atom stereocenters. The van der Waals surface area contributed by atoms with Crippen molar-refractivity contribution >= 4 is 26.7 Å². The molecular weight excluding hydrogens is 236 g/mol. The smallest absolute Gasteiger partial charge is 0.0104 e. The van der Waals surface area contributed by atoms with E-state index >= 15 is 0 Å². The molecule has 1 aliphatic carbocycles. The summed E-state index contributed by atoms with van der Waals surface area (Å²) in [6.45, 7) is 0. The van der Waals surface area contributed by atoms with Crippen molar-refractivity contribution < 1.29 is 0 Å². The highest BCUT2D eigenvalue weighted by molar-refractivity contribution is 9.09. The second-order valence-electron chi connectivity index (χ2n) is 3.92. The first-order valence-electron chi connectivity index (χ1n) is 4.96. The molecule has 0 saturated carbocycles. The van der Waals surface area contributed by atoms with Crippen molar-refractivity contribution in [2.24, 2.45) is 0 Å². The normalized spacial score (nSPS) is 19.1. The van der Waals surface area contributed by atoms with Gasteiger partial charge in [0.15, 0.2) is 0 Å². The van der Waals surface area contributed by atoms with Crippen LogP contribution in [0.3, 0.4) is 0 Å². The van der Waals surface area contributed by atoms with Crippen LogP contribution in [-0.2, 0) is 6.42 Å². The zero-order chi connectivity index (χ0) is 9.54. The molecule has 0 unspecified atom stereocenters. The fraction of sp³-hybridized carbons (Fsp3) is 0.231. The second-order valence-corrected chi connectivity index (χ2v) is 4.57. The maximum atomic E-state index is 3.60. The van der Waals surface area contributed by atoms with E-state index in [4.69, 9.17) is 0 Å². The highest BCUT2D eigenvalue weighted by Crippen LogP contribution is 2.38. The Bertz CT molecular complexity index is 482. The number of halogens is 1. The van der Waals surface area contributed by atoms with Crippen LogP contribution in [0.1, 0.15) is 17.0 Å². The van der Waals surface area contributed by atoms with Crippen molar-refractivity contribution in [2.75, 3.05) is 5.33 Å². The van der Waals surface area contributed by atoms with Gasteiger partial charge in [0.05, 0.1) is 0 Å². The van der Waals surface area contributed by atoms with Crippen LogP contribution in [0.25, 0.3) is 10.8 Å². The van der Waals surface area contributed by atoms with Crippen molar-refractivity contribution in [3.05, 3.63) is 47.5 Å². The number of hydrogen-bond acceptors (Lipinski definition) is 0. The molecule has 1 heteroatoms. The van der Waals surface area contributed by atoms with Crippen LogP contribution in [0.4, 0.5) is 0 Å². The summed E-state index contributed by atoms with van der Waals surface area (Å²) < 4.78 is 0. The first-order chi connectivity index (χ1) is 6.90. The summed E-state index contributed by atoms with van der Waals surface area (Å²) in [5.41, 5.74) is 3.04. The van der Waals surface area contributed by atoms with E-state index in [1.54, 1.807) is 0 Å². The molecule has 0 nitrogen and oxygen atoms in total. The molecule has 0 spiro atoms. The Labute approximate surface area is 92.1 Å². The molecule has 0 saturated heterocycles. The minimum atomic E-state index is 0.677. The monoisotopic (exact) mass is 246 g/mol. The van der Waals surface area contributed by atoms with Gasteiger partial charge in [0.2, 0.25) is 0 Å². The summed E-state index contributed by atoms with van der Waals surface area (Å²) in [6.07, 6.45) is 1.20. The Morgan fingerprint density at radius 1 is 1.14 bits per heavy atom. The van der Waals surface area contributed by atoms with Gasteiger partial charge in [-0.2, -0.15) is 0 Å². The average molecular weight is 247 g/mol. The van der Waals surface area contributed by atoms with Gasteiger partial charge in [-0.1, -0.05) is 52.3 Å². The molecule has 3 rings (SSSR count). The maximum Gasteiger partial charge on any atom is 0.0104 e. The predicted octanol–water partition coefficient (Wildman–Crippen LogP) is 3.87. The lowest BCUT2D eigenvalue weighted by Crippen LogP contribution is -1.96. The van der Waals surface area contributed by atoms with Crippen molar-refractivity contribution in [1.29, 1.82) is 0 Å². The van der Waals surface area contributed by atoms with Gasteiger partial charge in [-0.05, 0) is 34.2 Å². The first-order valence-corrected chi connectivity index (χ1v) is 6.09. The van der Waals surface area contributed by atoms with Crippen molar-refractivity contribution in [2.45, 2.75) is 12.3 Å². The van der Waals surface area contributed by atoms with Crippen LogP contribution < -0.4 is 0 Å². The molecule has 0 bridgehead atoms. The van der Waals surface area contributed by atoms with E-state index in [1.165, 1.54) is 28.3 Å². The van der Waals surface area contributed by atoms with Crippen molar-refractivity contribution in [3.63, 3.8) is 0 Å². The third-order valence-electron chi connectivity index (χ3n) is 3.12. The first kappa shape index (κ1) is 8.49. The van der Waals surface area contributed by atoms with Crippen molar-refractivity contribution in [3.8, 4) is 0 Å². The number of hydrogen-bond donors (Lipinski definition) is 0. The zero-order valence-corrected chi connectivity index (χ0v) is 9.42. The molecule has 2 aromatic carbocycles. The number of benzene rings is 2. The molecule has 0 N–H and O–H groups in total. The maximum absolute atomic E-state index is 3.60. The van der Waals surface area contributed by atoms with E-state index in [2.05, 4.69) is 52.3 Å². The Kier molecular flexibility index (Phi) is 1.88. The third-order valence-corrected chi connectivity index (χ3v) is 3.90. The minimum absolute atomic E-state index is 0.677. The van der Waals surface area contributed by atoms with Crippen LogP contribution in [0, 0.1) is 0 Å². The molecule has 0 fully saturated rings. The SMILES string of the molecule is BrC[C@H]1Cc2cccc3cccc1c23. The summed E-state index contributed by atoms with van der Waals surface area (Å²) in [4.78, 5) is 0. The third kappa shape index (κ3) is 1.05. The van der Waals surface area contributed by atoms with Gasteiger partial charge in [-0.3, -0.25) is 0 Å². The van der Waals surface area contributed by atoms with Gasteiger partial charge in [0, 0.05) is 5.33 Å². The van der Waals surface area contributed by atoms with E-state index in [-0.39, 0.29) is 0 Å². The van der Waals surface area contributed by atoms with E-state index in [1.807, 2.05) is 0 Å². The highest BCUT2D eigenvalue weighted by Gasteiger charge is 2.22. The molecule has 0 amide bonds. The lowest BCUT2D eigenvalue weighted by molar-refractivity contribution is 0.816. The number of rotatable bonds is 1. The van der Waals surface area contributed by atoms with Crippen LogP contribution in [-0.4, -0.2) is 5.33 Å². The van der Waals surface area contributed by atoms with Crippen LogP contribution in [0.2, 0.25) is 0 Å². The second kappa shape index (κ2) is 3.09. The van der Waals surface area contributed by atoms with E-state index < -0.39 is 0 Å². The largest absolute Gasteiger partial charge is 0.0921 e. The lowest BCUT2D eigenvalue weighted by atomic mass is 10.0. The Morgan fingerprint density at radius 3 is 2.71 bits per heavy atom. The summed E-state index contributed by atoms with van der Waals surface area (Å²) in [7, 11) is 0. The highest BCUT2D eigenvalue weighted by atomic mass is 79.9.